The van der Waals surface area contributed by atoms with E-state index in [4.69, 9.17) is 0 Å². The second-order valence-corrected chi connectivity index (χ2v) is 8.17. The Morgan fingerprint density at radius 3 is 2.81 bits per heavy atom. The van der Waals surface area contributed by atoms with Crippen molar-refractivity contribution < 1.29 is 4.39 Å². The smallest absolute Gasteiger partial charge is 0.124 e. The standard InChI is InChI=1S/C18H23BrFN/c1-10(13-6-5-12(20)9-17(13)19)21-18-8-11-7-16(18)15-4-2-3-14(11)15/h5-6,9-11,14-16,18,21H,2-4,7-8H2,1H3. The summed E-state index contributed by atoms with van der Waals surface area (Å²) in [6.07, 6.45) is 7.20. The summed E-state index contributed by atoms with van der Waals surface area (Å²) >= 11 is 3.50. The molecule has 0 radical (unpaired) electrons. The van der Waals surface area contributed by atoms with Gasteiger partial charge in [-0.05, 0) is 74.0 Å². The number of benzene rings is 1. The fourth-order valence-electron chi connectivity index (χ4n) is 5.52. The molecule has 114 valence electrons. The minimum absolute atomic E-state index is 0.174. The summed E-state index contributed by atoms with van der Waals surface area (Å²) in [7, 11) is 0. The van der Waals surface area contributed by atoms with Crippen LogP contribution in [0.1, 0.15) is 50.6 Å². The Labute approximate surface area is 134 Å². The van der Waals surface area contributed by atoms with E-state index in [2.05, 4.69) is 28.2 Å². The summed E-state index contributed by atoms with van der Waals surface area (Å²) in [4.78, 5) is 0. The lowest BCUT2D eigenvalue weighted by Gasteiger charge is -2.34. The zero-order valence-electron chi connectivity index (χ0n) is 12.5. The van der Waals surface area contributed by atoms with E-state index in [1.807, 2.05) is 6.07 Å². The molecule has 0 saturated heterocycles. The SMILES string of the molecule is CC(NC1CC2CC1C1CCCC21)c1ccc(F)cc1Br. The summed E-state index contributed by atoms with van der Waals surface area (Å²) in [6.45, 7) is 2.20. The number of fused-ring (bicyclic) bond motifs is 5. The molecular formula is C18H23BrFN. The molecule has 0 heterocycles. The van der Waals surface area contributed by atoms with Crippen LogP contribution in [0.5, 0.6) is 0 Å². The molecule has 3 fully saturated rings. The molecule has 6 unspecified atom stereocenters. The van der Waals surface area contributed by atoms with Gasteiger partial charge in [-0.2, -0.15) is 0 Å². The molecule has 1 N–H and O–H groups in total. The first kappa shape index (κ1) is 14.2. The number of rotatable bonds is 3. The highest BCUT2D eigenvalue weighted by atomic mass is 79.9. The third kappa shape index (κ3) is 2.37. The number of hydrogen-bond donors (Lipinski definition) is 1. The van der Waals surface area contributed by atoms with E-state index in [1.54, 1.807) is 12.1 Å². The third-order valence-electron chi connectivity index (χ3n) is 6.32. The summed E-state index contributed by atoms with van der Waals surface area (Å²) in [6, 6.07) is 5.99. The fourth-order valence-corrected chi connectivity index (χ4v) is 6.22. The van der Waals surface area contributed by atoms with Crippen molar-refractivity contribution in [2.24, 2.45) is 23.7 Å². The quantitative estimate of drug-likeness (QED) is 0.801. The van der Waals surface area contributed by atoms with Gasteiger partial charge in [0.15, 0.2) is 0 Å². The monoisotopic (exact) mass is 351 g/mol. The van der Waals surface area contributed by atoms with Crippen LogP contribution in [0.4, 0.5) is 4.39 Å². The van der Waals surface area contributed by atoms with E-state index in [1.165, 1.54) is 37.7 Å². The lowest BCUT2D eigenvalue weighted by atomic mass is 9.79. The first-order valence-electron chi connectivity index (χ1n) is 8.34. The fraction of sp³-hybridized carbons (Fsp3) is 0.667. The van der Waals surface area contributed by atoms with Crippen LogP contribution in [0.3, 0.4) is 0 Å². The second-order valence-electron chi connectivity index (χ2n) is 7.31. The molecule has 3 aliphatic carbocycles. The van der Waals surface area contributed by atoms with Crippen LogP contribution >= 0.6 is 15.9 Å². The van der Waals surface area contributed by atoms with Crippen LogP contribution in [-0.2, 0) is 0 Å². The molecule has 21 heavy (non-hydrogen) atoms. The van der Waals surface area contributed by atoms with Gasteiger partial charge in [0.25, 0.3) is 0 Å². The molecule has 0 spiro atoms. The van der Waals surface area contributed by atoms with Gasteiger partial charge in [0.2, 0.25) is 0 Å². The molecule has 2 bridgehead atoms. The van der Waals surface area contributed by atoms with Crippen LogP contribution in [0.15, 0.2) is 22.7 Å². The first-order valence-corrected chi connectivity index (χ1v) is 9.14. The topological polar surface area (TPSA) is 12.0 Å². The van der Waals surface area contributed by atoms with Gasteiger partial charge in [0.05, 0.1) is 0 Å². The van der Waals surface area contributed by atoms with E-state index in [0.717, 1.165) is 28.1 Å². The molecule has 3 heteroatoms. The van der Waals surface area contributed by atoms with Crippen molar-refractivity contribution in [3.8, 4) is 0 Å². The highest BCUT2D eigenvalue weighted by molar-refractivity contribution is 9.10. The second kappa shape index (κ2) is 5.34. The van der Waals surface area contributed by atoms with Crippen LogP contribution in [0, 0.1) is 29.5 Å². The third-order valence-corrected chi connectivity index (χ3v) is 7.01. The Bertz CT molecular complexity index is 546. The van der Waals surface area contributed by atoms with Crippen molar-refractivity contribution in [2.45, 2.75) is 51.1 Å². The van der Waals surface area contributed by atoms with Gasteiger partial charge in [0, 0.05) is 16.6 Å². The Kier molecular flexibility index (Phi) is 3.61. The lowest BCUT2D eigenvalue weighted by molar-refractivity contribution is 0.200. The summed E-state index contributed by atoms with van der Waals surface area (Å²) in [5.74, 6) is 3.73. The largest absolute Gasteiger partial charge is 0.307 e. The molecular weight excluding hydrogens is 329 g/mol. The van der Waals surface area contributed by atoms with Crippen LogP contribution in [0.25, 0.3) is 0 Å². The van der Waals surface area contributed by atoms with E-state index in [-0.39, 0.29) is 11.9 Å². The van der Waals surface area contributed by atoms with Crippen LogP contribution in [0.2, 0.25) is 0 Å². The van der Waals surface area contributed by atoms with Crippen molar-refractivity contribution in [1.29, 1.82) is 0 Å². The molecule has 4 rings (SSSR count). The number of halogens is 2. The van der Waals surface area contributed by atoms with E-state index in [9.17, 15) is 4.39 Å². The summed E-state index contributed by atoms with van der Waals surface area (Å²) in [5.41, 5.74) is 1.17. The van der Waals surface area contributed by atoms with E-state index in [0.29, 0.717) is 6.04 Å². The molecule has 6 atom stereocenters. The minimum atomic E-state index is -0.174. The minimum Gasteiger partial charge on any atom is -0.307 e. The molecule has 3 aliphatic rings. The van der Waals surface area contributed by atoms with Gasteiger partial charge in [-0.25, -0.2) is 4.39 Å². The van der Waals surface area contributed by atoms with Gasteiger partial charge in [-0.3, -0.25) is 0 Å². The molecule has 0 aliphatic heterocycles. The Morgan fingerprint density at radius 2 is 2.00 bits per heavy atom. The predicted octanol–water partition coefficient (Wildman–Crippen LogP) is 5.06. The molecule has 1 nitrogen and oxygen atoms in total. The lowest BCUT2D eigenvalue weighted by Crippen LogP contribution is -2.40. The van der Waals surface area contributed by atoms with E-state index < -0.39 is 0 Å². The maximum Gasteiger partial charge on any atom is 0.124 e. The van der Waals surface area contributed by atoms with Crippen molar-refractivity contribution >= 4 is 15.9 Å². The van der Waals surface area contributed by atoms with Crippen LogP contribution in [-0.4, -0.2) is 6.04 Å². The molecule has 1 aromatic rings. The van der Waals surface area contributed by atoms with Crippen molar-refractivity contribution in [3.63, 3.8) is 0 Å². The van der Waals surface area contributed by atoms with Crippen LogP contribution < -0.4 is 5.32 Å². The first-order chi connectivity index (χ1) is 10.1. The van der Waals surface area contributed by atoms with Crippen molar-refractivity contribution in [1.82, 2.24) is 5.32 Å². The number of hydrogen-bond acceptors (Lipinski definition) is 1. The molecule has 1 aromatic carbocycles. The molecule has 0 aromatic heterocycles. The summed E-state index contributed by atoms with van der Waals surface area (Å²) in [5, 5.41) is 3.85. The van der Waals surface area contributed by atoms with Gasteiger partial charge < -0.3 is 5.32 Å². The normalized spacial score (nSPS) is 38.7. The van der Waals surface area contributed by atoms with Crippen molar-refractivity contribution in [2.75, 3.05) is 0 Å². The summed E-state index contributed by atoms with van der Waals surface area (Å²) < 4.78 is 14.1. The zero-order chi connectivity index (χ0) is 14.6. The average Bonchev–Trinajstić information content (AvgIpc) is 3.09. The number of nitrogens with one attached hydrogen (secondary N) is 1. The Hall–Kier alpha value is -0.410. The van der Waals surface area contributed by atoms with Crippen molar-refractivity contribution in [3.05, 3.63) is 34.1 Å². The maximum absolute atomic E-state index is 13.2. The predicted molar refractivity (Wildman–Crippen MR) is 86.5 cm³/mol. The molecule has 3 saturated carbocycles. The highest BCUT2D eigenvalue weighted by Gasteiger charge is 2.53. The maximum atomic E-state index is 13.2. The van der Waals surface area contributed by atoms with Gasteiger partial charge in [-0.15, -0.1) is 0 Å². The average molecular weight is 352 g/mol. The Morgan fingerprint density at radius 1 is 1.19 bits per heavy atom. The van der Waals surface area contributed by atoms with E-state index >= 15 is 0 Å². The van der Waals surface area contributed by atoms with Gasteiger partial charge in [-0.1, -0.05) is 28.4 Å². The zero-order valence-corrected chi connectivity index (χ0v) is 14.1. The van der Waals surface area contributed by atoms with Gasteiger partial charge >= 0.3 is 0 Å². The Balaban J connectivity index is 1.47. The van der Waals surface area contributed by atoms with Gasteiger partial charge in [0.1, 0.15) is 5.82 Å². The molecule has 0 amide bonds. The highest BCUT2D eigenvalue weighted by Crippen LogP contribution is 2.58.